The summed E-state index contributed by atoms with van der Waals surface area (Å²) in [5, 5.41) is 0.612. The van der Waals surface area contributed by atoms with E-state index in [9.17, 15) is 0 Å². The van der Waals surface area contributed by atoms with Crippen LogP contribution in [0.5, 0.6) is 23.0 Å². The lowest BCUT2D eigenvalue weighted by molar-refractivity contribution is 0.00578. The summed E-state index contributed by atoms with van der Waals surface area (Å²) in [6, 6.07) is 95.2. The molecule has 2 aliphatic carbocycles. The number of nitrogens with two attached hydrogens (primary N) is 2. The fourth-order valence-corrected chi connectivity index (χ4v) is 17.1. The second kappa shape index (κ2) is 26.3. The molecule has 12 aromatic carbocycles. The van der Waals surface area contributed by atoms with E-state index in [2.05, 4.69) is 282 Å². The van der Waals surface area contributed by atoms with Gasteiger partial charge in [-0.25, -0.2) is 0 Å². The van der Waals surface area contributed by atoms with Crippen LogP contribution in [-0.2, 0) is 51.8 Å². The molecular formula is C94H88B3ClN2O8. The molecule has 10 nitrogen and oxygen atoms in total. The Labute approximate surface area is 641 Å². The van der Waals surface area contributed by atoms with Gasteiger partial charge < -0.3 is 48.9 Å². The Balaban J connectivity index is 0.000000130. The zero-order valence-electron chi connectivity index (χ0n) is 63.3. The van der Waals surface area contributed by atoms with Gasteiger partial charge in [0.15, 0.2) is 5.75 Å². The lowest BCUT2D eigenvalue weighted by atomic mass is 9.49. The molecular weight excluding hydrogens is 1350 g/mol. The molecule has 3 saturated heterocycles. The monoisotopic (exact) mass is 1440 g/mol. The van der Waals surface area contributed by atoms with Crippen LogP contribution in [0.4, 0.5) is 0 Å². The first-order chi connectivity index (χ1) is 51.8. The van der Waals surface area contributed by atoms with Crippen molar-refractivity contribution in [2.45, 2.75) is 141 Å². The first kappa shape index (κ1) is 71.3. The molecule has 5 aliphatic heterocycles. The fraction of sp³-hybridized carbons (Fsp3) is 0.234. The molecule has 3 fully saturated rings. The predicted octanol–water partition coefficient (Wildman–Crippen LogP) is 21.1. The van der Waals surface area contributed by atoms with Gasteiger partial charge in [0, 0.05) is 51.9 Å². The van der Waals surface area contributed by atoms with Gasteiger partial charge in [0.1, 0.15) is 17.2 Å². The number of rotatable bonds is 8. The average Bonchev–Trinajstić information content (AvgIpc) is 1.48. The predicted molar refractivity (Wildman–Crippen MR) is 438 cm³/mol. The summed E-state index contributed by atoms with van der Waals surface area (Å²) in [5.74, 6) is 3.21. The lowest BCUT2D eigenvalue weighted by Crippen LogP contribution is -2.41. The van der Waals surface area contributed by atoms with E-state index in [1.807, 2.05) is 67.5 Å². The van der Waals surface area contributed by atoms with Gasteiger partial charge in [-0.15, -0.1) is 0 Å². The van der Waals surface area contributed by atoms with Gasteiger partial charge in [0.2, 0.25) is 0 Å². The Bertz CT molecular complexity index is 5330. The van der Waals surface area contributed by atoms with E-state index in [1.54, 1.807) is 0 Å². The highest BCUT2D eigenvalue weighted by molar-refractivity contribution is 7.11. The Morgan fingerprint density at radius 2 is 0.519 bits per heavy atom. The van der Waals surface area contributed by atoms with Gasteiger partial charge in [0.05, 0.1) is 49.5 Å². The summed E-state index contributed by atoms with van der Waals surface area (Å²) < 4.78 is 51.2. The number of ether oxygens (including phenoxy) is 2. The molecule has 7 aliphatic rings. The van der Waals surface area contributed by atoms with Gasteiger partial charge in [-0.2, -0.15) is 0 Å². The smallest absolute Gasteiger partial charge is 0.456 e. The minimum atomic E-state index is -0.601. The highest BCUT2D eigenvalue weighted by atomic mass is 35.5. The number of fused-ring (bicyclic) bond motifs is 18. The summed E-state index contributed by atoms with van der Waals surface area (Å²) in [5.41, 5.74) is 34.5. The van der Waals surface area contributed by atoms with Crippen LogP contribution in [0.3, 0.4) is 0 Å². The van der Waals surface area contributed by atoms with Crippen molar-refractivity contribution < 1.29 is 37.4 Å². The van der Waals surface area contributed by atoms with Gasteiger partial charge in [-0.05, 0) is 178 Å². The summed E-state index contributed by atoms with van der Waals surface area (Å²) in [7, 11) is -1.53. The van der Waals surface area contributed by atoms with Crippen molar-refractivity contribution >= 4 is 38.2 Å². The first-order valence-corrected chi connectivity index (χ1v) is 38.0. The van der Waals surface area contributed by atoms with Crippen LogP contribution in [0, 0.1) is 0 Å². The van der Waals surface area contributed by atoms with Gasteiger partial charge in [-0.1, -0.05) is 272 Å². The maximum Gasteiger partial charge on any atom is 0.498 e. The van der Waals surface area contributed by atoms with E-state index in [0.717, 1.165) is 101 Å². The van der Waals surface area contributed by atoms with Crippen molar-refractivity contribution in [1.82, 2.24) is 0 Å². The zero-order chi connectivity index (χ0) is 75.1. The van der Waals surface area contributed by atoms with Crippen molar-refractivity contribution in [2.24, 2.45) is 11.5 Å². The summed E-state index contributed by atoms with van der Waals surface area (Å²) in [6.07, 6.45) is 0. The number of benzene rings is 12. The molecule has 0 atom stereocenters. The second-order valence-electron chi connectivity index (χ2n) is 32.4. The molecule has 0 amide bonds. The van der Waals surface area contributed by atoms with E-state index in [1.165, 1.54) is 50.1 Å². The van der Waals surface area contributed by atoms with Crippen molar-refractivity contribution in [3.63, 3.8) is 0 Å². The quantitative estimate of drug-likeness (QED) is 0.142. The van der Waals surface area contributed by atoms with Gasteiger partial charge in [0.25, 0.3) is 0 Å². The van der Waals surface area contributed by atoms with Crippen LogP contribution in [0.15, 0.2) is 267 Å². The molecule has 14 heteroatoms. The molecule has 538 valence electrons. The highest BCUT2D eigenvalue weighted by Crippen LogP contribution is 2.66. The second-order valence-corrected chi connectivity index (χ2v) is 32.8. The summed E-state index contributed by atoms with van der Waals surface area (Å²) in [4.78, 5) is 0. The van der Waals surface area contributed by atoms with E-state index in [0.29, 0.717) is 18.1 Å². The molecule has 108 heavy (non-hydrogen) atoms. The van der Waals surface area contributed by atoms with E-state index in [-0.39, 0.29) is 22.4 Å². The van der Waals surface area contributed by atoms with Crippen LogP contribution in [0.1, 0.15) is 139 Å². The molecule has 5 heterocycles. The van der Waals surface area contributed by atoms with E-state index >= 15 is 0 Å². The van der Waals surface area contributed by atoms with E-state index in [4.69, 9.17) is 60.5 Å². The van der Waals surface area contributed by atoms with Crippen molar-refractivity contribution in [3.05, 3.63) is 328 Å². The van der Waals surface area contributed by atoms with Crippen molar-refractivity contribution in [1.29, 1.82) is 0 Å². The molecule has 4 N–H and O–H groups in total. The van der Waals surface area contributed by atoms with Gasteiger partial charge >= 0.3 is 21.1 Å². The minimum Gasteiger partial charge on any atom is -0.456 e. The van der Waals surface area contributed by atoms with Crippen molar-refractivity contribution in [3.8, 4) is 89.8 Å². The Kier molecular flexibility index (Phi) is 17.4. The Morgan fingerprint density at radius 1 is 0.259 bits per heavy atom. The van der Waals surface area contributed by atoms with Crippen LogP contribution in [0.2, 0.25) is 5.02 Å². The molecule has 2 spiro atoms. The number of hydrogen-bond acceptors (Lipinski definition) is 10. The minimum absolute atomic E-state index is 0.360. The highest BCUT2D eigenvalue weighted by Gasteiger charge is 2.64. The molecule has 0 unspecified atom stereocenters. The number of para-hydroxylation sites is 4. The third-order valence-corrected chi connectivity index (χ3v) is 25.0. The molecule has 19 rings (SSSR count). The summed E-state index contributed by atoms with van der Waals surface area (Å²) >= 11 is 6.90. The first-order valence-electron chi connectivity index (χ1n) is 37.6. The molecule has 0 bridgehead atoms. The van der Waals surface area contributed by atoms with Crippen LogP contribution in [-0.4, -0.2) is 54.7 Å². The topological polar surface area (TPSA) is 126 Å². The third kappa shape index (κ3) is 11.2. The SMILES string of the molecule is CC1(C)OB(B2OC(C)(C)C(C)(C)O2)OC1(C)C.CC1(C)OB(c2cccc3c2Oc2c(-c4ccc(-c5ccc(CN)cc5)cc4)cccc2C32c3ccccc3-c3ccccc32)OC1(C)C.NCc1ccc(-c2ccc(-c3cccc4c3Oc3c(Cl)cccc3C43c4ccccc4-c4ccccc43)cc2)cc1. The standard InChI is InChI=1S/C44H38BNO3.C38H26ClNO.C12H24B2O4/c1-42(2)43(3,4)49-45(48-42)39-18-10-17-38-41(39)47-40-32(31-25-23-30(24-26-31)29-21-19-28(27-46)20-22-29)13-9-16-37(40)44(38)35-14-7-5-11-33(35)34-12-6-8-15-36(34)44;39-35-14-6-13-34-37(35)41-36-28(27-21-19-26(20-22-27)25-17-15-24(23-40)16-18-25)9-5-12-33(36)38(34)31-10-3-1-7-29(31)30-8-2-4-11-32(30)38;1-9(2)10(3,4)16-13(15-9)14-17-11(5,6)12(7,8)18-14/h5-26H,27,46H2,1-4H3;1-22H,23,40H2;1-8H3. The Morgan fingerprint density at radius 3 is 0.870 bits per heavy atom. The number of hydrogen-bond donors (Lipinski definition) is 2. The maximum atomic E-state index is 7.23. The average molecular weight is 1440 g/mol. The van der Waals surface area contributed by atoms with Gasteiger partial charge in [-0.3, -0.25) is 0 Å². The van der Waals surface area contributed by atoms with Crippen LogP contribution < -0.4 is 26.4 Å². The largest absolute Gasteiger partial charge is 0.498 e. The lowest BCUT2D eigenvalue weighted by Gasteiger charge is -2.41. The third-order valence-electron chi connectivity index (χ3n) is 24.7. The molecule has 0 saturated carbocycles. The molecule has 12 aromatic rings. The van der Waals surface area contributed by atoms with Crippen molar-refractivity contribution in [2.75, 3.05) is 0 Å². The molecule has 0 aromatic heterocycles. The maximum absolute atomic E-state index is 7.23. The summed E-state index contributed by atoms with van der Waals surface area (Å²) in [6.45, 7) is 25.7. The Hall–Kier alpha value is -9.60. The zero-order valence-corrected chi connectivity index (χ0v) is 64.1. The van der Waals surface area contributed by atoms with Crippen LogP contribution >= 0.6 is 11.6 Å². The number of halogens is 1. The van der Waals surface area contributed by atoms with E-state index < -0.39 is 43.2 Å². The normalized spacial score (nSPS) is 18.3. The van der Waals surface area contributed by atoms with Crippen LogP contribution in [0.25, 0.3) is 66.8 Å². The molecule has 0 radical (unpaired) electrons. The fourth-order valence-electron chi connectivity index (χ4n) is 16.8.